The molecule has 24 nitrogen and oxygen atoms in total. The Morgan fingerprint density at radius 2 is 1.31 bits per heavy atom. The summed E-state index contributed by atoms with van der Waals surface area (Å²) in [5.41, 5.74) is -5.48. The number of nitrogens with one attached hydrogen (secondary N) is 2. The molecule has 71 heavy (non-hydrogen) atoms. The number of rotatable bonds is 14. The van der Waals surface area contributed by atoms with Crippen molar-refractivity contribution in [2.75, 3.05) is 40.0 Å². The monoisotopic (exact) mass is 1020 g/mol. The molecule has 0 spiro atoms. The van der Waals surface area contributed by atoms with Crippen LogP contribution in [-0.2, 0) is 47.5 Å². The van der Waals surface area contributed by atoms with Crippen molar-refractivity contribution in [1.82, 2.24) is 25.5 Å². The lowest BCUT2D eigenvalue weighted by Gasteiger charge is -2.49. The highest BCUT2D eigenvalue weighted by atomic mass is 16.8. The molecule has 410 valence electrons. The summed E-state index contributed by atoms with van der Waals surface area (Å²) >= 11 is 0. The number of nitrogens with zero attached hydrogens (tertiary/aromatic N) is 3. The highest BCUT2D eigenvalue weighted by Gasteiger charge is 2.53. The first-order valence-corrected chi connectivity index (χ1v) is 24.5. The third-order valence-electron chi connectivity index (χ3n) is 11.5. The molecule has 0 radical (unpaired) electrons. The van der Waals surface area contributed by atoms with Crippen LogP contribution in [0.5, 0.6) is 0 Å². The quantitative estimate of drug-likeness (QED) is 0.102. The summed E-state index contributed by atoms with van der Waals surface area (Å²) in [6.45, 7) is 21.8. The van der Waals surface area contributed by atoms with Crippen LogP contribution in [0, 0.1) is 0 Å². The van der Waals surface area contributed by atoms with Gasteiger partial charge in [-0.15, -0.1) is 0 Å². The normalized spacial score (nSPS) is 30.8. The number of hydrogen-bond donors (Lipinski definition) is 6. The molecule has 1 aliphatic carbocycles. The number of aliphatic hydroxyl groups excluding tert-OH is 2. The first-order valence-electron chi connectivity index (χ1n) is 24.5. The molecule has 6 N–H and O–H groups in total. The number of likely N-dealkylation sites (N-methyl/N-ethyl adjacent to an activating group) is 1. The first kappa shape index (κ1) is 59.6. The largest absolute Gasteiger partial charge is 0.463 e. The molecular weight excluding hydrogens is 939 g/mol. The minimum absolute atomic E-state index is 0.00154. The van der Waals surface area contributed by atoms with Crippen LogP contribution >= 0.6 is 0 Å². The second-order valence-electron chi connectivity index (χ2n) is 22.9. The van der Waals surface area contributed by atoms with Crippen molar-refractivity contribution in [3.63, 3.8) is 0 Å². The van der Waals surface area contributed by atoms with Gasteiger partial charge < -0.3 is 83.5 Å². The van der Waals surface area contributed by atoms with Crippen molar-refractivity contribution in [2.24, 2.45) is 0 Å². The Morgan fingerprint density at radius 3 is 1.86 bits per heavy atom. The van der Waals surface area contributed by atoms with E-state index in [9.17, 15) is 44.4 Å². The van der Waals surface area contributed by atoms with Crippen LogP contribution in [-0.4, -0.2) is 201 Å². The van der Waals surface area contributed by atoms with E-state index in [0.717, 1.165) is 24.2 Å². The molecule has 4 rings (SSSR count). The number of carbonyl (C=O) groups is 5. The third-order valence-corrected chi connectivity index (χ3v) is 11.5. The predicted octanol–water partition coefficient (Wildman–Crippen LogP) is 4.58. The maximum atomic E-state index is 13.6. The average Bonchev–Trinajstić information content (AvgIpc) is 3.19. The van der Waals surface area contributed by atoms with Gasteiger partial charge in [0.05, 0.1) is 56.1 Å². The van der Waals surface area contributed by atoms with Crippen molar-refractivity contribution in [3.05, 3.63) is 0 Å². The molecule has 3 heterocycles. The summed E-state index contributed by atoms with van der Waals surface area (Å²) in [6, 6.07) is -4.81. The Labute approximate surface area is 417 Å². The molecule has 4 fully saturated rings. The molecular formula is C47H83N5O19. The molecule has 24 heteroatoms. The number of ether oxygens (including phenoxy) is 9. The highest BCUT2D eigenvalue weighted by molar-refractivity contribution is 5.70. The minimum atomic E-state index is -1.85. The fraction of sp³-hybridized carbons (Fsp3) is 0.894. The van der Waals surface area contributed by atoms with Crippen molar-refractivity contribution in [2.45, 2.75) is 230 Å². The van der Waals surface area contributed by atoms with Gasteiger partial charge in [-0.05, 0) is 135 Å². The minimum Gasteiger partial charge on any atom is -0.463 e. The lowest BCUT2D eigenvalue weighted by molar-refractivity contribution is -0.346. The van der Waals surface area contributed by atoms with E-state index in [4.69, 9.17) is 47.5 Å². The fourth-order valence-corrected chi connectivity index (χ4v) is 8.55. The summed E-state index contributed by atoms with van der Waals surface area (Å²) in [5, 5.41) is 51.4. The van der Waals surface area contributed by atoms with E-state index in [1.807, 2.05) is 0 Å². The Kier molecular flexibility index (Phi) is 20.4. The lowest BCUT2D eigenvalue weighted by Crippen LogP contribution is -2.68. The van der Waals surface area contributed by atoms with Gasteiger partial charge in [-0.2, -0.15) is 5.06 Å². The Bertz CT molecular complexity index is 1770. The summed E-state index contributed by atoms with van der Waals surface area (Å²) in [4.78, 5) is 74.7. The van der Waals surface area contributed by atoms with Crippen LogP contribution in [0.4, 0.5) is 24.0 Å². The van der Waals surface area contributed by atoms with E-state index < -0.39 is 133 Å². The van der Waals surface area contributed by atoms with Crippen LogP contribution in [0.3, 0.4) is 0 Å². The zero-order valence-corrected chi connectivity index (χ0v) is 44.1. The maximum Gasteiger partial charge on any atom is 0.431 e. The van der Waals surface area contributed by atoms with E-state index in [-0.39, 0.29) is 39.0 Å². The Morgan fingerprint density at radius 1 is 0.732 bits per heavy atom. The van der Waals surface area contributed by atoms with Crippen LogP contribution < -0.4 is 10.6 Å². The van der Waals surface area contributed by atoms with Crippen LogP contribution in [0.2, 0.25) is 0 Å². The van der Waals surface area contributed by atoms with Gasteiger partial charge in [0.1, 0.15) is 40.2 Å². The third kappa shape index (κ3) is 19.1. The molecule has 12 atom stereocenters. The standard InChI is InChI=1S/C47H83N5O19/c1-43(2,3)67-38(55)48-29-19-18-28(25-51(42(60)70-46(10,11)12)20-22-63-32-17-15-16-21-62-32)65-36(29)66-34-30(49-39(56)68-44(4,5)6)23-27(24-31(34)53)52(40(57)58)71-37-33(54)35(47(13,61)26-64-37)50(14)41(59)69-45(7,8)9/h27-37,53-54,61H,15-26H2,1-14H3,(H,48,55)(H,49,56)(H,57,58)/t27?,28-,29+,30-,31-,32?,33+,34+,35+,36+,37+,47-/m0/s1. The van der Waals surface area contributed by atoms with Crippen LogP contribution in [0.25, 0.3) is 0 Å². The number of hydrogen-bond acceptors (Lipinski definition) is 18. The number of hydroxylamine groups is 2. The van der Waals surface area contributed by atoms with E-state index >= 15 is 0 Å². The molecule has 1 saturated carbocycles. The van der Waals surface area contributed by atoms with Gasteiger partial charge in [-0.25, -0.2) is 28.8 Å². The average molecular weight is 1020 g/mol. The predicted molar refractivity (Wildman–Crippen MR) is 251 cm³/mol. The lowest BCUT2D eigenvalue weighted by atomic mass is 9.85. The Balaban J connectivity index is 1.63. The first-order chi connectivity index (χ1) is 32.6. The van der Waals surface area contributed by atoms with Crippen molar-refractivity contribution < 1.29 is 91.9 Å². The number of alkyl carbamates (subject to hydrolysis) is 2. The van der Waals surface area contributed by atoms with Gasteiger partial charge in [-0.3, -0.25) is 0 Å². The summed E-state index contributed by atoms with van der Waals surface area (Å²) < 4.78 is 52.8. The van der Waals surface area contributed by atoms with Gasteiger partial charge in [0.25, 0.3) is 0 Å². The van der Waals surface area contributed by atoms with E-state index in [1.165, 1.54) is 18.9 Å². The number of aliphatic hydroxyl groups is 3. The molecule has 5 amide bonds. The van der Waals surface area contributed by atoms with Gasteiger partial charge in [0, 0.05) is 20.2 Å². The SMILES string of the molecule is CN(C(=O)OC(C)(C)C)[C@@H]1[C@@H](O)[C@@H](ON(C(=O)O)C2C[C@H](NC(=O)OC(C)(C)C)[C@@H](O[C@H]3O[C@H](CN(CCOC4CCCCO4)C(=O)OC(C)(C)C)CC[C@H]3NC(=O)OC(C)(C)C)[C@@H](O)C2)OC[C@]1(C)O. The van der Waals surface area contributed by atoms with Gasteiger partial charge in [-0.1, -0.05) is 0 Å². The van der Waals surface area contributed by atoms with Gasteiger partial charge >= 0.3 is 30.5 Å². The molecule has 3 aliphatic heterocycles. The van der Waals surface area contributed by atoms with Gasteiger partial charge in [0.2, 0.25) is 6.29 Å². The highest BCUT2D eigenvalue weighted by Crippen LogP contribution is 2.35. The zero-order valence-electron chi connectivity index (χ0n) is 44.1. The van der Waals surface area contributed by atoms with E-state index in [1.54, 1.807) is 83.1 Å². The fourth-order valence-electron chi connectivity index (χ4n) is 8.55. The van der Waals surface area contributed by atoms with Crippen LogP contribution in [0.1, 0.15) is 135 Å². The smallest absolute Gasteiger partial charge is 0.431 e. The summed E-state index contributed by atoms with van der Waals surface area (Å²) in [6.07, 6.45) is -11.4. The Hall–Kier alpha value is -4.01. The molecule has 0 aromatic carbocycles. The number of carbonyl (C=O) groups excluding carboxylic acids is 4. The molecule has 0 aromatic rings. The topological polar surface area (TPSA) is 292 Å². The van der Waals surface area contributed by atoms with Crippen molar-refractivity contribution >= 4 is 30.5 Å². The second kappa shape index (κ2) is 24.3. The molecule has 0 aromatic heterocycles. The molecule has 0 bridgehead atoms. The van der Waals surface area contributed by atoms with Crippen molar-refractivity contribution in [3.8, 4) is 0 Å². The maximum absolute atomic E-state index is 13.6. The van der Waals surface area contributed by atoms with E-state index in [0.29, 0.717) is 18.1 Å². The van der Waals surface area contributed by atoms with E-state index in [2.05, 4.69) is 10.6 Å². The zero-order chi connectivity index (χ0) is 53.4. The van der Waals surface area contributed by atoms with Crippen LogP contribution in [0.15, 0.2) is 0 Å². The number of amides is 5. The summed E-state index contributed by atoms with van der Waals surface area (Å²) in [7, 11) is 1.30. The summed E-state index contributed by atoms with van der Waals surface area (Å²) in [5.74, 6) is 0. The van der Waals surface area contributed by atoms with Gasteiger partial charge in [0.15, 0.2) is 12.6 Å². The molecule has 4 aliphatic rings. The van der Waals surface area contributed by atoms with Crippen molar-refractivity contribution in [1.29, 1.82) is 0 Å². The number of carboxylic acid groups (broad SMARTS) is 1. The molecule has 2 unspecified atom stereocenters. The second-order valence-corrected chi connectivity index (χ2v) is 22.9. The molecule has 3 saturated heterocycles.